The monoisotopic (exact) mass is 301 g/mol. The zero-order chi connectivity index (χ0) is 14.8. The molecule has 0 N–H and O–H groups in total. The number of hydrogen-bond acceptors (Lipinski definition) is 4. The van der Waals surface area contributed by atoms with Crippen molar-refractivity contribution in [3.63, 3.8) is 0 Å². The van der Waals surface area contributed by atoms with E-state index in [0.29, 0.717) is 0 Å². The summed E-state index contributed by atoms with van der Waals surface area (Å²) in [6, 6.07) is 6.23. The van der Waals surface area contributed by atoms with Gasteiger partial charge < -0.3 is 9.64 Å². The Labute approximate surface area is 133 Å². The zero-order valence-corrected chi connectivity index (χ0v) is 13.4. The smallest absolute Gasteiger partial charge is 0.0543 e. The molecule has 22 heavy (non-hydrogen) atoms. The maximum atomic E-state index is 5.48. The lowest BCUT2D eigenvalue weighted by Gasteiger charge is -2.28. The van der Waals surface area contributed by atoms with Crippen molar-refractivity contribution in [3.05, 3.63) is 30.1 Å². The van der Waals surface area contributed by atoms with Crippen LogP contribution in [0, 0.1) is 17.8 Å². The van der Waals surface area contributed by atoms with Gasteiger partial charge in [-0.3, -0.25) is 9.88 Å². The van der Waals surface area contributed by atoms with Gasteiger partial charge in [-0.2, -0.15) is 0 Å². The number of ether oxygens (including phenoxy) is 1. The van der Waals surface area contributed by atoms with Gasteiger partial charge in [0.2, 0.25) is 0 Å². The Kier molecular flexibility index (Phi) is 4.42. The maximum absolute atomic E-state index is 5.48. The van der Waals surface area contributed by atoms with Gasteiger partial charge in [-0.05, 0) is 42.7 Å². The third-order valence-corrected chi connectivity index (χ3v) is 5.61. The molecule has 0 radical (unpaired) electrons. The van der Waals surface area contributed by atoms with Crippen molar-refractivity contribution in [1.29, 1.82) is 0 Å². The van der Waals surface area contributed by atoms with Gasteiger partial charge in [0.15, 0.2) is 0 Å². The standard InChI is InChI=1S/C18H27N3O/c1-2-6-19-18(3-1)14-21-12-16-10-20(11-17(16)13-21)9-15-4-7-22-8-5-15/h1-3,6,15-17H,4-5,7-14H2/t16-,17-/m1/s1. The van der Waals surface area contributed by atoms with Crippen LogP contribution in [-0.4, -0.2) is 60.7 Å². The Hall–Kier alpha value is -0.970. The summed E-state index contributed by atoms with van der Waals surface area (Å²) in [4.78, 5) is 9.79. The molecule has 0 aromatic carbocycles. The van der Waals surface area contributed by atoms with Crippen LogP contribution >= 0.6 is 0 Å². The predicted octanol–water partition coefficient (Wildman–Crippen LogP) is 1.87. The van der Waals surface area contributed by atoms with Crippen molar-refractivity contribution in [2.45, 2.75) is 19.4 Å². The van der Waals surface area contributed by atoms with Crippen molar-refractivity contribution < 1.29 is 4.74 Å². The van der Waals surface area contributed by atoms with E-state index in [1.165, 1.54) is 51.3 Å². The lowest BCUT2D eigenvalue weighted by atomic mass is 10.00. The van der Waals surface area contributed by atoms with Crippen LogP contribution in [0.15, 0.2) is 24.4 Å². The highest BCUT2D eigenvalue weighted by Crippen LogP contribution is 2.32. The van der Waals surface area contributed by atoms with Crippen LogP contribution in [-0.2, 0) is 11.3 Å². The van der Waals surface area contributed by atoms with Crippen molar-refractivity contribution in [1.82, 2.24) is 14.8 Å². The molecule has 120 valence electrons. The summed E-state index contributed by atoms with van der Waals surface area (Å²) < 4.78 is 5.48. The number of nitrogens with zero attached hydrogens (tertiary/aromatic N) is 3. The molecule has 4 heteroatoms. The first-order valence-electron chi connectivity index (χ1n) is 8.79. The predicted molar refractivity (Wildman–Crippen MR) is 86.5 cm³/mol. The average molecular weight is 301 g/mol. The van der Waals surface area contributed by atoms with Crippen LogP contribution in [0.5, 0.6) is 0 Å². The molecule has 4 heterocycles. The summed E-state index contributed by atoms with van der Waals surface area (Å²) in [6.45, 7) is 9.40. The Morgan fingerprint density at radius 3 is 2.41 bits per heavy atom. The highest BCUT2D eigenvalue weighted by Gasteiger charge is 2.40. The fourth-order valence-corrected chi connectivity index (χ4v) is 4.48. The summed E-state index contributed by atoms with van der Waals surface area (Å²) in [5, 5.41) is 0. The fraction of sp³-hybridized carbons (Fsp3) is 0.722. The van der Waals surface area contributed by atoms with E-state index in [1.807, 2.05) is 12.3 Å². The Morgan fingerprint density at radius 2 is 1.73 bits per heavy atom. The van der Waals surface area contributed by atoms with E-state index in [4.69, 9.17) is 4.74 Å². The molecular formula is C18H27N3O. The molecule has 0 spiro atoms. The van der Waals surface area contributed by atoms with Gasteiger partial charge in [0, 0.05) is 58.7 Å². The number of likely N-dealkylation sites (tertiary alicyclic amines) is 2. The van der Waals surface area contributed by atoms with Crippen LogP contribution in [0.4, 0.5) is 0 Å². The van der Waals surface area contributed by atoms with E-state index in [-0.39, 0.29) is 0 Å². The Balaban J connectivity index is 1.25. The lowest BCUT2D eigenvalue weighted by molar-refractivity contribution is 0.0541. The molecule has 3 fully saturated rings. The number of hydrogen-bond donors (Lipinski definition) is 0. The second-order valence-corrected chi connectivity index (χ2v) is 7.31. The second-order valence-electron chi connectivity index (χ2n) is 7.31. The molecule has 1 aromatic rings. The third-order valence-electron chi connectivity index (χ3n) is 5.61. The topological polar surface area (TPSA) is 28.6 Å². The normalized spacial score (nSPS) is 30.7. The molecular weight excluding hydrogens is 274 g/mol. The lowest BCUT2D eigenvalue weighted by Crippen LogP contribution is -2.34. The van der Waals surface area contributed by atoms with E-state index < -0.39 is 0 Å². The minimum absolute atomic E-state index is 0.872. The summed E-state index contributed by atoms with van der Waals surface area (Å²) in [5.74, 6) is 2.63. The first-order valence-corrected chi connectivity index (χ1v) is 8.79. The van der Waals surface area contributed by atoms with Gasteiger partial charge in [0.25, 0.3) is 0 Å². The Bertz CT molecular complexity index is 460. The summed E-state index contributed by atoms with van der Waals surface area (Å²) in [5.41, 5.74) is 1.21. The first-order chi connectivity index (χ1) is 10.9. The van der Waals surface area contributed by atoms with Gasteiger partial charge in [-0.25, -0.2) is 0 Å². The maximum Gasteiger partial charge on any atom is 0.0543 e. The molecule has 3 aliphatic heterocycles. The van der Waals surface area contributed by atoms with Crippen molar-refractivity contribution in [2.24, 2.45) is 17.8 Å². The molecule has 4 nitrogen and oxygen atoms in total. The van der Waals surface area contributed by atoms with Gasteiger partial charge >= 0.3 is 0 Å². The van der Waals surface area contributed by atoms with Gasteiger partial charge in [0.05, 0.1) is 5.69 Å². The largest absolute Gasteiger partial charge is 0.381 e. The molecule has 0 bridgehead atoms. The molecule has 2 atom stereocenters. The van der Waals surface area contributed by atoms with E-state index in [0.717, 1.165) is 37.5 Å². The number of pyridine rings is 1. The third kappa shape index (κ3) is 3.34. The quantitative estimate of drug-likeness (QED) is 0.849. The van der Waals surface area contributed by atoms with Gasteiger partial charge in [-0.1, -0.05) is 6.07 Å². The van der Waals surface area contributed by atoms with Gasteiger partial charge in [0.1, 0.15) is 0 Å². The molecule has 4 rings (SSSR count). The van der Waals surface area contributed by atoms with Crippen molar-refractivity contribution >= 4 is 0 Å². The summed E-state index contributed by atoms with van der Waals surface area (Å²) >= 11 is 0. The molecule has 3 saturated heterocycles. The first kappa shape index (κ1) is 14.6. The minimum Gasteiger partial charge on any atom is -0.381 e. The number of aromatic nitrogens is 1. The second kappa shape index (κ2) is 6.65. The van der Waals surface area contributed by atoms with Crippen molar-refractivity contribution in [3.8, 4) is 0 Å². The number of rotatable bonds is 4. The Morgan fingerprint density at radius 1 is 1.00 bits per heavy atom. The zero-order valence-electron chi connectivity index (χ0n) is 13.4. The highest BCUT2D eigenvalue weighted by molar-refractivity contribution is 5.04. The molecule has 0 amide bonds. The van der Waals surface area contributed by atoms with Crippen LogP contribution in [0.1, 0.15) is 18.5 Å². The van der Waals surface area contributed by atoms with E-state index in [9.17, 15) is 0 Å². The summed E-state index contributed by atoms with van der Waals surface area (Å²) in [7, 11) is 0. The van der Waals surface area contributed by atoms with Gasteiger partial charge in [-0.15, -0.1) is 0 Å². The van der Waals surface area contributed by atoms with Crippen molar-refractivity contribution in [2.75, 3.05) is 45.9 Å². The number of fused-ring (bicyclic) bond motifs is 1. The SMILES string of the molecule is c1ccc(CN2C[C@H]3CN(CC4CCOCC4)C[C@@H]3C2)nc1. The van der Waals surface area contributed by atoms with Crippen LogP contribution in [0.3, 0.4) is 0 Å². The van der Waals surface area contributed by atoms with E-state index in [1.54, 1.807) is 0 Å². The highest BCUT2D eigenvalue weighted by atomic mass is 16.5. The average Bonchev–Trinajstić information content (AvgIpc) is 3.07. The van der Waals surface area contributed by atoms with E-state index >= 15 is 0 Å². The van der Waals surface area contributed by atoms with Crippen LogP contribution in [0.2, 0.25) is 0 Å². The fourth-order valence-electron chi connectivity index (χ4n) is 4.48. The molecule has 0 unspecified atom stereocenters. The molecule has 0 aliphatic carbocycles. The van der Waals surface area contributed by atoms with Crippen LogP contribution in [0.25, 0.3) is 0 Å². The summed E-state index contributed by atoms with van der Waals surface area (Å²) in [6.07, 6.45) is 4.43. The molecule has 0 saturated carbocycles. The molecule has 1 aromatic heterocycles. The minimum atomic E-state index is 0.872. The van der Waals surface area contributed by atoms with Crippen LogP contribution < -0.4 is 0 Å². The molecule has 3 aliphatic rings. The van der Waals surface area contributed by atoms with E-state index in [2.05, 4.69) is 26.9 Å².